The summed E-state index contributed by atoms with van der Waals surface area (Å²) in [6, 6.07) is 13.8. The molecule has 19 heavy (non-hydrogen) atoms. The first kappa shape index (κ1) is 13.5. The molecule has 0 atom stereocenters. The van der Waals surface area contributed by atoms with Gasteiger partial charge in [0.25, 0.3) is 0 Å². The molecule has 0 saturated carbocycles. The van der Waals surface area contributed by atoms with Crippen LogP contribution in [-0.4, -0.2) is 0 Å². The average molecular weight is 279 g/mol. The second kappa shape index (κ2) is 5.37. The minimum absolute atomic E-state index is 0.513. The van der Waals surface area contributed by atoms with Crippen LogP contribution in [0.4, 0.5) is 13.2 Å². The molecule has 0 heterocycles. The second-order valence-electron chi connectivity index (χ2n) is 3.76. The molecule has 0 aromatic heterocycles. The van der Waals surface area contributed by atoms with Gasteiger partial charge in [-0.05, 0) is 42.5 Å². The molecule has 2 aromatic carbocycles. The predicted molar refractivity (Wildman–Crippen MR) is 66.7 cm³/mol. The van der Waals surface area contributed by atoms with Crippen LogP contribution in [0.15, 0.2) is 58.3 Å². The Morgan fingerprint density at radius 3 is 2.21 bits per heavy atom. The molecule has 5 heteroatoms. The smallest absolute Gasteiger partial charge is 0.192 e. The van der Waals surface area contributed by atoms with Crippen molar-refractivity contribution in [3.05, 3.63) is 59.7 Å². The Balaban J connectivity index is 2.21. The van der Waals surface area contributed by atoms with E-state index in [1.54, 1.807) is 30.3 Å². The molecule has 0 aliphatic carbocycles. The fourth-order valence-corrected chi connectivity index (χ4v) is 2.35. The molecular weight excluding hydrogens is 271 g/mol. The number of nitriles is 1. The summed E-state index contributed by atoms with van der Waals surface area (Å²) in [5, 5.41) is 8.66. The maximum Gasteiger partial charge on any atom is 0.416 e. The van der Waals surface area contributed by atoms with Crippen LogP contribution >= 0.6 is 11.8 Å². The van der Waals surface area contributed by atoms with Crippen LogP contribution < -0.4 is 0 Å². The van der Waals surface area contributed by atoms with E-state index in [0.717, 1.165) is 17.0 Å². The van der Waals surface area contributed by atoms with Crippen LogP contribution in [0.5, 0.6) is 0 Å². The lowest BCUT2D eigenvalue weighted by Gasteiger charge is -2.08. The normalized spacial score (nSPS) is 11.1. The summed E-state index contributed by atoms with van der Waals surface area (Å²) in [5.74, 6) is 0. The Morgan fingerprint density at radius 2 is 1.63 bits per heavy atom. The van der Waals surface area contributed by atoms with Crippen LogP contribution in [0.3, 0.4) is 0 Å². The summed E-state index contributed by atoms with van der Waals surface area (Å²) in [4.78, 5) is 1.30. The quantitative estimate of drug-likeness (QED) is 0.793. The molecule has 0 unspecified atom stereocenters. The highest BCUT2D eigenvalue weighted by atomic mass is 32.2. The lowest BCUT2D eigenvalue weighted by atomic mass is 10.2. The molecule has 1 nitrogen and oxygen atoms in total. The summed E-state index contributed by atoms with van der Waals surface area (Å²) in [6.07, 6.45) is -4.33. The molecule has 0 radical (unpaired) electrons. The molecule has 2 aromatic rings. The highest BCUT2D eigenvalue weighted by Crippen LogP contribution is 2.34. The van der Waals surface area contributed by atoms with E-state index >= 15 is 0 Å². The van der Waals surface area contributed by atoms with Gasteiger partial charge in [0.1, 0.15) is 0 Å². The second-order valence-corrected chi connectivity index (χ2v) is 4.91. The van der Waals surface area contributed by atoms with Crippen molar-refractivity contribution in [2.75, 3.05) is 0 Å². The van der Waals surface area contributed by atoms with Gasteiger partial charge >= 0.3 is 6.18 Å². The van der Waals surface area contributed by atoms with Gasteiger partial charge in [-0.3, -0.25) is 0 Å². The largest absolute Gasteiger partial charge is 0.416 e. The Hall–Kier alpha value is -1.93. The van der Waals surface area contributed by atoms with Gasteiger partial charge in [-0.2, -0.15) is 18.4 Å². The summed E-state index contributed by atoms with van der Waals surface area (Å²) in [7, 11) is 0. The molecule has 0 bridgehead atoms. The van der Waals surface area contributed by atoms with E-state index in [9.17, 15) is 13.2 Å². The number of benzene rings is 2. The van der Waals surface area contributed by atoms with Gasteiger partial charge < -0.3 is 0 Å². The molecule has 0 amide bonds. The first-order valence-corrected chi connectivity index (χ1v) is 6.16. The molecule has 0 spiro atoms. The van der Waals surface area contributed by atoms with Gasteiger partial charge in [0, 0.05) is 9.79 Å². The van der Waals surface area contributed by atoms with Gasteiger partial charge in [0.2, 0.25) is 0 Å². The maximum atomic E-state index is 12.6. The van der Waals surface area contributed by atoms with Crippen LogP contribution in [0.1, 0.15) is 11.1 Å². The third-order valence-corrected chi connectivity index (χ3v) is 3.38. The number of alkyl halides is 3. The van der Waals surface area contributed by atoms with Gasteiger partial charge in [0.05, 0.1) is 17.2 Å². The highest BCUT2D eigenvalue weighted by Gasteiger charge is 2.30. The van der Waals surface area contributed by atoms with Gasteiger partial charge in [-0.25, -0.2) is 0 Å². The van der Waals surface area contributed by atoms with Crippen molar-refractivity contribution in [1.82, 2.24) is 0 Å². The third kappa shape index (κ3) is 3.52. The number of rotatable bonds is 2. The Labute approximate surface area is 112 Å². The number of nitrogens with zero attached hydrogens (tertiary/aromatic N) is 1. The topological polar surface area (TPSA) is 23.8 Å². The first-order valence-electron chi connectivity index (χ1n) is 5.34. The molecule has 0 saturated heterocycles. The van der Waals surface area contributed by atoms with Crippen molar-refractivity contribution in [2.45, 2.75) is 16.0 Å². The first-order chi connectivity index (χ1) is 8.99. The maximum absolute atomic E-state index is 12.6. The zero-order valence-electron chi connectivity index (χ0n) is 9.61. The minimum Gasteiger partial charge on any atom is -0.192 e. The fraction of sp³-hybridized carbons (Fsp3) is 0.0714. The summed E-state index contributed by atoms with van der Waals surface area (Å²) in [5.41, 5.74) is -0.139. The number of halogens is 3. The van der Waals surface area contributed by atoms with E-state index in [1.165, 1.54) is 17.8 Å². The van der Waals surface area contributed by atoms with Crippen LogP contribution in [0.25, 0.3) is 0 Å². The molecule has 2 rings (SSSR count). The lowest BCUT2D eigenvalue weighted by Crippen LogP contribution is -2.04. The van der Waals surface area contributed by atoms with Crippen molar-refractivity contribution >= 4 is 11.8 Å². The van der Waals surface area contributed by atoms with Gasteiger partial charge in [-0.15, -0.1) is 0 Å². The fourth-order valence-electron chi connectivity index (χ4n) is 1.47. The van der Waals surface area contributed by atoms with Crippen LogP contribution in [-0.2, 0) is 6.18 Å². The Morgan fingerprint density at radius 1 is 0.947 bits per heavy atom. The molecular formula is C14H8F3NS. The monoisotopic (exact) mass is 279 g/mol. The number of hydrogen-bond acceptors (Lipinski definition) is 2. The van der Waals surface area contributed by atoms with E-state index in [1.807, 2.05) is 6.07 Å². The summed E-state index contributed by atoms with van der Waals surface area (Å²) in [6.45, 7) is 0. The average Bonchev–Trinajstić information content (AvgIpc) is 2.39. The molecule has 0 N–H and O–H groups in total. The zero-order chi connectivity index (χ0) is 13.9. The summed E-state index contributed by atoms with van der Waals surface area (Å²) >= 11 is 1.23. The van der Waals surface area contributed by atoms with Gasteiger partial charge in [0.15, 0.2) is 0 Å². The minimum atomic E-state index is -4.33. The van der Waals surface area contributed by atoms with Crippen molar-refractivity contribution < 1.29 is 13.2 Å². The molecule has 0 fully saturated rings. The van der Waals surface area contributed by atoms with Crippen molar-refractivity contribution in [3.8, 4) is 6.07 Å². The zero-order valence-corrected chi connectivity index (χ0v) is 10.4. The lowest BCUT2D eigenvalue weighted by molar-refractivity contribution is -0.137. The van der Waals surface area contributed by atoms with Crippen molar-refractivity contribution in [3.63, 3.8) is 0 Å². The van der Waals surface area contributed by atoms with E-state index in [2.05, 4.69) is 0 Å². The molecule has 0 aliphatic rings. The van der Waals surface area contributed by atoms with E-state index in [0.29, 0.717) is 10.5 Å². The standard InChI is InChI=1S/C14H8F3NS/c15-14(16,17)11-2-1-3-13(8-11)19-12-6-4-10(9-18)5-7-12/h1-8H. The Kier molecular flexibility index (Phi) is 3.82. The van der Waals surface area contributed by atoms with Gasteiger partial charge in [-0.1, -0.05) is 17.8 Å². The number of hydrogen-bond donors (Lipinski definition) is 0. The van der Waals surface area contributed by atoms with Crippen molar-refractivity contribution in [2.24, 2.45) is 0 Å². The summed E-state index contributed by atoms with van der Waals surface area (Å²) < 4.78 is 37.7. The predicted octanol–water partition coefficient (Wildman–Crippen LogP) is 4.73. The van der Waals surface area contributed by atoms with E-state index < -0.39 is 11.7 Å². The third-order valence-electron chi connectivity index (χ3n) is 2.38. The highest BCUT2D eigenvalue weighted by molar-refractivity contribution is 7.99. The SMILES string of the molecule is N#Cc1ccc(Sc2cccc(C(F)(F)F)c2)cc1. The van der Waals surface area contributed by atoms with Crippen molar-refractivity contribution in [1.29, 1.82) is 5.26 Å². The molecule has 96 valence electrons. The van der Waals surface area contributed by atoms with E-state index in [4.69, 9.17) is 5.26 Å². The Bertz CT molecular complexity index is 612. The molecule has 0 aliphatic heterocycles. The van der Waals surface area contributed by atoms with Crippen LogP contribution in [0, 0.1) is 11.3 Å². The van der Waals surface area contributed by atoms with Crippen LogP contribution in [0.2, 0.25) is 0 Å². The van der Waals surface area contributed by atoms with E-state index in [-0.39, 0.29) is 0 Å².